The summed E-state index contributed by atoms with van der Waals surface area (Å²) in [6, 6.07) is 11.5. The van der Waals surface area contributed by atoms with Gasteiger partial charge in [-0.25, -0.2) is 0 Å². The zero-order valence-corrected chi connectivity index (χ0v) is 9.94. The van der Waals surface area contributed by atoms with Crippen molar-refractivity contribution in [2.45, 2.75) is 13.0 Å². The van der Waals surface area contributed by atoms with E-state index in [9.17, 15) is 4.79 Å². The summed E-state index contributed by atoms with van der Waals surface area (Å²) in [4.78, 5) is 13.7. The first-order valence-corrected chi connectivity index (χ1v) is 5.52. The third-order valence-electron chi connectivity index (χ3n) is 2.83. The average molecular weight is 229 g/mol. The molecule has 0 fully saturated rings. The Bertz CT molecular complexity index is 540. The number of aromatic nitrogens is 1. The summed E-state index contributed by atoms with van der Waals surface area (Å²) in [5.41, 5.74) is 3.10. The van der Waals surface area contributed by atoms with Gasteiger partial charge in [-0.05, 0) is 35.7 Å². The van der Waals surface area contributed by atoms with Crippen molar-refractivity contribution in [2.24, 2.45) is 0 Å². The molecule has 2 aromatic rings. The van der Waals surface area contributed by atoms with Crippen molar-refractivity contribution in [1.29, 1.82) is 0 Å². The Labute approximate surface area is 100 Å². The van der Waals surface area contributed by atoms with Crippen LogP contribution in [-0.2, 0) is 4.74 Å². The first-order valence-electron chi connectivity index (χ1n) is 5.52. The van der Waals surface area contributed by atoms with Crippen LogP contribution in [0.3, 0.4) is 0 Å². The molecule has 0 amide bonds. The summed E-state index contributed by atoms with van der Waals surface area (Å²) < 4.78 is 5.29. The van der Waals surface area contributed by atoms with E-state index in [1.807, 2.05) is 31.2 Å². The highest BCUT2D eigenvalue weighted by Gasteiger charge is 2.05. The Morgan fingerprint density at radius 2 is 2.00 bits per heavy atom. The molecule has 3 nitrogen and oxygen atoms in total. The lowest BCUT2D eigenvalue weighted by Gasteiger charge is -2.11. The van der Waals surface area contributed by atoms with E-state index < -0.39 is 0 Å². The fraction of sp³-hybridized carbons (Fsp3) is 0.214. The van der Waals surface area contributed by atoms with E-state index in [0.717, 1.165) is 16.7 Å². The quantitative estimate of drug-likeness (QED) is 0.879. The first-order chi connectivity index (χ1) is 8.20. The maximum Gasteiger partial charge on any atom is 0.247 e. The number of methoxy groups -OCH3 is 1. The molecule has 1 aromatic carbocycles. The Morgan fingerprint density at radius 1 is 1.18 bits per heavy atom. The van der Waals surface area contributed by atoms with Crippen LogP contribution in [0.1, 0.15) is 18.6 Å². The lowest BCUT2D eigenvalue weighted by molar-refractivity contribution is 0.119. The van der Waals surface area contributed by atoms with Crippen LogP contribution < -0.4 is 5.56 Å². The summed E-state index contributed by atoms with van der Waals surface area (Å²) in [7, 11) is 1.69. The highest BCUT2D eigenvalue weighted by atomic mass is 16.5. The van der Waals surface area contributed by atoms with Gasteiger partial charge >= 0.3 is 0 Å². The van der Waals surface area contributed by atoms with Crippen LogP contribution in [0, 0.1) is 0 Å². The van der Waals surface area contributed by atoms with E-state index >= 15 is 0 Å². The van der Waals surface area contributed by atoms with Crippen molar-refractivity contribution in [3.63, 3.8) is 0 Å². The predicted octanol–water partition coefficient (Wildman–Crippen LogP) is 2.75. The number of hydrogen-bond acceptors (Lipinski definition) is 2. The monoisotopic (exact) mass is 229 g/mol. The summed E-state index contributed by atoms with van der Waals surface area (Å²) in [5.74, 6) is 0. The number of nitrogens with one attached hydrogen (secondary N) is 1. The van der Waals surface area contributed by atoms with Gasteiger partial charge in [-0.2, -0.15) is 0 Å². The van der Waals surface area contributed by atoms with E-state index in [1.54, 1.807) is 13.3 Å². The van der Waals surface area contributed by atoms with E-state index in [2.05, 4.69) is 11.1 Å². The molecule has 0 bridgehead atoms. The van der Waals surface area contributed by atoms with Crippen molar-refractivity contribution < 1.29 is 4.74 Å². The summed E-state index contributed by atoms with van der Waals surface area (Å²) in [6.07, 6.45) is 1.79. The molecule has 1 heterocycles. The second kappa shape index (κ2) is 4.97. The highest BCUT2D eigenvalue weighted by molar-refractivity contribution is 5.63. The fourth-order valence-electron chi connectivity index (χ4n) is 1.70. The van der Waals surface area contributed by atoms with Crippen LogP contribution in [0.5, 0.6) is 0 Å². The molecule has 1 N–H and O–H groups in total. The van der Waals surface area contributed by atoms with Crippen LogP contribution in [0.2, 0.25) is 0 Å². The average Bonchev–Trinajstić information content (AvgIpc) is 2.39. The highest BCUT2D eigenvalue weighted by Crippen LogP contribution is 2.23. The molecule has 1 atom stereocenters. The minimum atomic E-state index is -0.0878. The van der Waals surface area contributed by atoms with Crippen LogP contribution in [0.4, 0.5) is 0 Å². The van der Waals surface area contributed by atoms with Gasteiger partial charge in [0, 0.05) is 19.4 Å². The number of H-pyrrole nitrogens is 1. The topological polar surface area (TPSA) is 42.1 Å². The second-order valence-electron chi connectivity index (χ2n) is 3.94. The number of ether oxygens (including phenoxy) is 1. The third kappa shape index (κ3) is 2.63. The molecule has 17 heavy (non-hydrogen) atoms. The van der Waals surface area contributed by atoms with Gasteiger partial charge in [0.25, 0.3) is 0 Å². The molecule has 3 heteroatoms. The van der Waals surface area contributed by atoms with Gasteiger partial charge in [-0.3, -0.25) is 4.79 Å². The SMILES string of the molecule is COC(C)c1cccc(-c2ccc(=O)[nH]c2)c1. The maximum absolute atomic E-state index is 11.0. The van der Waals surface area contributed by atoms with Gasteiger partial charge in [0.05, 0.1) is 6.10 Å². The standard InChI is InChI=1S/C14H15NO2/c1-10(17-2)11-4-3-5-12(8-11)13-6-7-14(16)15-9-13/h3-10H,1-2H3,(H,15,16). The molecule has 0 spiro atoms. The molecule has 1 aromatic heterocycles. The first kappa shape index (κ1) is 11.6. The number of aromatic amines is 1. The van der Waals surface area contributed by atoms with Crippen LogP contribution in [-0.4, -0.2) is 12.1 Å². The molecule has 0 aliphatic rings. The third-order valence-corrected chi connectivity index (χ3v) is 2.83. The molecular formula is C14H15NO2. The van der Waals surface area contributed by atoms with Gasteiger partial charge < -0.3 is 9.72 Å². The summed E-state index contributed by atoms with van der Waals surface area (Å²) in [6.45, 7) is 2.01. The van der Waals surface area contributed by atoms with Gasteiger partial charge in [0.2, 0.25) is 5.56 Å². The van der Waals surface area contributed by atoms with Crippen LogP contribution >= 0.6 is 0 Å². The van der Waals surface area contributed by atoms with E-state index in [4.69, 9.17) is 4.74 Å². The van der Waals surface area contributed by atoms with Gasteiger partial charge in [0.1, 0.15) is 0 Å². The number of hydrogen-bond donors (Lipinski definition) is 1. The largest absolute Gasteiger partial charge is 0.377 e. The van der Waals surface area contributed by atoms with Crippen LogP contribution in [0.25, 0.3) is 11.1 Å². The van der Waals surface area contributed by atoms with E-state index in [-0.39, 0.29) is 11.7 Å². The minimum Gasteiger partial charge on any atom is -0.377 e. The Balaban J connectivity index is 2.39. The van der Waals surface area contributed by atoms with E-state index in [1.165, 1.54) is 6.07 Å². The summed E-state index contributed by atoms with van der Waals surface area (Å²) in [5, 5.41) is 0. The van der Waals surface area contributed by atoms with Gasteiger partial charge in [-0.15, -0.1) is 0 Å². The molecule has 0 radical (unpaired) electrons. The molecule has 0 saturated heterocycles. The van der Waals surface area contributed by atoms with Gasteiger partial charge in [-0.1, -0.05) is 18.2 Å². The van der Waals surface area contributed by atoms with Crippen molar-refractivity contribution in [3.8, 4) is 11.1 Å². The molecule has 0 aliphatic carbocycles. The molecule has 0 saturated carbocycles. The fourth-order valence-corrected chi connectivity index (χ4v) is 1.70. The molecule has 88 valence electrons. The molecule has 2 rings (SSSR count). The summed E-state index contributed by atoms with van der Waals surface area (Å²) >= 11 is 0. The lowest BCUT2D eigenvalue weighted by Crippen LogP contribution is -2.01. The zero-order chi connectivity index (χ0) is 12.3. The van der Waals surface area contributed by atoms with Gasteiger partial charge in [0.15, 0.2) is 0 Å². The maximum atomic E-state index is 11.0. The number of benzene rings is 1. The zero-order valence-electron chi connectivity index (χ0n) is 9.94. The minimum absolute atomic E-state index is 0.0673. The predicted molar refractivity (Wildman–Crippen MR) is 67.9 cm³/mol. The lowest BCUT2D eigenvalue weighted by atomic mass is 10.0. The Hall–Kier alpha value is -1.87. The van der Waals surface area contributed by atoms with Crippen molar-refractivity contribution >= 4 is 0 Å². The normalized spacial score (nSPS) is 12.4. The van der Waals surface area contributed by atoms with Crippen molar-refractivity contribution in [1.82, 2.24) is 4.98 Å². The second-order valence-corrected chi connectivity index (χ2v) is 3.94. The number of pyridine rings is 1. The Kier molecular flexibility index (Phi) is 3.40. The Morgan fingerprint density at radius 3 is 2.65 bits per heavy atom. The smallest absolute Gasteiger partial charge is 0.247 e. The number of rotatable bonds is 3. The molecular weight excluding hydrogens is 214 g/mol. The van der Waals surface area contributed by atoms with Crippen molar-refractivity contribution in [2.75, 3.05) is 7.11 Å². The van der Waals surface area contributed by atoms with Crippen molar-refractivity contribution in [3.05, 3.63) is 58.5 Å². The molecule has 1 unspecified atom stereocenters. The van der Waals surface area contributed by atoms with Crippen LogP contribution in [0.15, 0.2) is 47.4 Å². The van der Waals surface area contributed by atoms with E-state index in [0.29, 0.717) is 0 Å². The molecule has 0 aliphatic heterocycles.